The van der Waals surface area contributed by atoms with Gasteiger partial charge >= 0.3 is 0 Å². The zero-order valence-electron chi connectivity index (χ0n) is 7.83. The Morgan fingerprint density at radius 2 is 2.29 bits per heavy atom. The van der Waals surface area contributed by atoms with Crippen molar-refractivity contribution in [3.8, 4) is 6.07 Å². The third-order valence-electron chi connectivity index (χ3n) is 1.57. The van der Waals surface area contributed by atoms with Crippen LogP contribution < -0.4 is 0 Å². The highest BCUT2D eigenvalue weighted by atomic mass is 35.5. The molecule has 0 radical (unpaired) electrons. The maximum atomic E-state index is 8.69. The summed E-state index contributed by atoms with van der Waals surface area (Å²) in [5.41, 5.74) is 1.41. The van der Waals surface area contributed by atoms with Gasteiger partial charge in [-0.05, 0) is 36.8 Å². The van der Waals surface area contributed by atoms with Crippen molar-refractivity contribution in [1.29, 1.82) is 5.26 Å². The number of ether oxygens (including phenoxy) is 1. The lowest BCUT2D eigenvalue weighted by atomic mass is 10.1. The molecule has 0 amide bonds. The van der Waals surface area contributed by atoms with E-state index in [0.29, 0.717) is 17.2 Å². The normalized spacial score (nSPS) is 10.1. The fraction of sp³-hybridized carbons (Fsp3) is 0.182. The number of halogens is 1. The molecule has 0 fully saturated rings. The highest BCUT2D eigenvalue weighted by Crippen LogP contribution is 2.15. The fourth-order valence-electron chi connectivity index (χ4n) is 0.996. The monoisotopic (exact) mass is 207 g/mol. The lowest BCUT2D eigenvalue weighted by molar-refractivity contribution is 0.272. The van der Waals surface area contributed by atoms with Crippen LogP contribution in [0.15, 0.2) is 24.5 Å². The van der Waals surface area contributed by atoms with E-state index in [1.165, 1.54) is 0 Å². The van der Waals surface area contributed by atoms with E-state index in [9.17, 15) is 0 Å². The first kappa shape index (κ1) is 10.6. The molecule has 0 N–H and O–H groups in total. The van der Waals surface area contributed by atoms with Crippen LogP contribution in [0.4, 0.5) is 0 Å². The van der Waals surface area contributed by atoms with E-state index in [2.05, 4.69) is 0 Å². The van der Waals surface area contributed by atoms with Gasteiger partial charge in [-0.1, -0.05) is 11.6 Å². The molecule has 0 aliphatic carbocycles. The Morgan fingerprint density at radius 1 is 1.50 bits per heavy atom. The van der Waals surface area contributed by atoms with Crippen LogP contribution in [0.5, 0.6) is 0 Å². The molecule has 1 aromatic carbocycles. The van der Waals surface area contributed by atoms with Crippen molar-refractivity contribution in [3.63, 3.8) is 0 Å². The van der Waals surface area contributed by atoms with Crippen LogP contribution in [-0.2, 0) is 4.74 Å². The van der Waals surface area contributed by atoms with E-state index in [1.807, 2.05) is 13.0 Å². The van der Waals surface area contributed by atoms with E-state index in [0.717, 1.165) is 5.56 Å². The first-order valence-electron chi connectivity index (χ1n) is 4.25. The second-order valence-corrected chi connectivity index (χ2v) is 3.08. The molecule has 0 aromatic heterocycles. The summed E-state index contributed by atoms with van der Waals surface area (Å²) in [6.45, 7) is 2.53. The van der Waals surface area contributed by atoms with E-state index in [-0.39, 0.29) is 0 Å². The van der Waals surface area contributed by atoms with Gasteiger partial charge in [0.05, 0.1) is 24.5 Å². The summed E-state index contributed by atoms with van der Waals surface area (Å²) in [5.74, 6) is 0. The molecule has 2 nitrogen and oxygen atoms in total. The van der Waals surface area contributed by atoms with Crippen LogP contribution in [0.3, 0.4) is 0 Å². The van der Waals surface area contributed by atoms with E-state index in [1.54, 1.807) is 30.5 Å². The maximum Gasteiger partial charge on any atom is 0.0992 e. The van der Waals surface area contributed by atoms with E-state index in [4.69, 9.17) is 21.6 Å². The SMILES string of the molecule is CCO/C=C/c1cc(Cl)cc(C#N)c1. The third-order valence-corrected chi connectivity index (χ3v) is 1.79. The Kier molecular flexibility index (Phi) is 4.03. The highest BCUT2D eigenvalue weighted by Gasteiger charge is 1.95. The van der Waals surface area contributed by atoms with Gasteiger partial charge in [-0.2, -0.15) is 5.26 Å². The van der Waals surface area contributed by atoms with E-state index < -0.39 is 0 Å². The molecule has 0 saturated carbocycles. The van der Waals surface area contributed by atoms with Crippen molar-refractivity contribution in [1.82, 2.24) is 0 Å². The molecule has 3 heteroatoms. The Hall–Kier alpha value is -1.46. The van der Waals surface area contributed by atoms with Crippen molar-refractivity contribution in [2.45, 2.75) is 6.92 Å². The first-order valence-corrected chi connectivity index (χ1v) is 4.63. The van der Waals surface area contributed by atoms with Gasteiger partial charge in [0.2, 0.25) is 0 Å². The second-order valence-electron chi connectivity index (χ2n) is 2.64. The Morgan fingerprint density at radius 3 is 2.93 bits per heavy atom. The van der Waals surface area contributed by atoms with Gasteiger partial charge in [-0.15, -0.1) is 0 Å². The van der Waals surface area contributed by atoms with Gasteiger partial charge in [0, 0.05) is 5.02 Å². The number of nitriles is 1. The van der Waals surface area contributed by atoms with Crippen molar-refractivity contribution in [2.75, 3.05) is 6.61 Å². The lowest BCUT2D eigenvalue weighted by Gasteiger charge is -1.97. The molecule has 0 saturated heterocycles. The Bertz CT molecular complexity index is 379. The minimum absolute atomic E-state index is 0.550. The smallest absolute Gasteiger partial charge is 0.0992 e. The zero-order valence-corrected chi connectivity index (χ0v) is 8.58. The molecular weight excluding hydrogens is 198 g/mol. The van der Waals surface area contributed by atoms with Gasteiger partial charge in [0.1, 0.15) is 0 Å². The summed E-state index contributed by atoms with van der Waals surface area (Å²) >= 11 is 5.82. The molecule has 0 atom stereocenters. The van der Waals surface area contributed by atoms with Crippen LogP contribution in [0.1, 0.15) is 18.1 Å². The molecule has 0 aliphatic rings. The summed E-state index contributed by atoms with van der Waals surface area (Å²) in [4.78, 5) is 0. The summed E-state index contributed by atoms with van der Waals surface area (Å²) < 4.78 is 5.04. The number of hydrogen-bond donors (Lipinski definition) is 0. The Labute approximate surface area is 88.4 Å². The van der Waals surface area contributed by atoms with Crippen LogP contribution in [0, 0.1) is 11.3 Å². The lowest BCUT2D eigenvalue weighted by Crippen LogP contribution is -1.80. The predicted molar refractivity (Wildman–Crippen MR) is 56.8 cm³/mol. The Balaban J connectivity index is 2.88. The predicted octanol–water partition coefficient (Wildman–Crippen LogP) is 3.22. The standard InChI is InChI=1S/C11H10ClNO/c1-2-14-4-3-9-5-10(8-13)7-11(12)6-9/h3-7H,2H2,1H3/b4-3+. The maximum absolute atomic E-state index is 8.69. The molecule has 0 aliphatic heterocycles. The minimum atomic E-state index is 0.550. The summed E-state index contributed by atoms with van der Waals surface area (Å²) in [6, 6.07) is 7.19. The molecule has 0 unspecified atom stereocenters. The summed E-state index contributed by atoms with van der Waals surface area (Å²) in [5, 5.41) is 9.25. The molecule has 14 heavy (non-hydrogen) atoms. The van der Waals surface area contributed by atoms with Gasteiger partial charge in [-0.3, -0.25) is 0 Å². The average Bonchev–Trinajstić information content (AvgIpc) is 2.17. The fourth-order valence-corrected chi connectivity index (χ4v) is 1.24. The van der Waals surface area contributed by atoms with Gasteiger partial charge in [-0.25, -0.2) is 0 Å². The number of rotatable bonds is 3. The minimum Gasteiger partial charge on any atom is -0.501 e. The van der Waals surface area contributed by atoms with Crippen molar-refractivity contribution < 1.29 is 4.74 Å². The number of hydrogen-bond acceptors (Lipinski definition) is 2. The van der Waals surface area contributed by atoms with Crippen molar-refractivity contribution in [3.05, 3.63) is 40.6 Å². The van der Waals surface area contributed by atoms with Crippen LogP contribution in [0.25, 0.3) is 6.08 Å². The molecule has 1 rings (SSSR count). The van der Waals surface area contributed by atoms with Gasteiger partial charge in [0.15, 0.2) is 0 Å². The van der Waals surface area contributed by atoms with Gasteiger partial charge < -0.3 is 4.74 Å². The summed E-state index contributed by atoms with van der Waals surface area (Å²) in [6.07, 6.45) is 3.36. The van der Waals surface area contributed by atoms with Crippen molar-refractivity contribution in [2.24, 2.45) is 0 Å². The summed E-state index contributed by atoms with van der Waals surface area (Å²) in [7, 11) is 0. The third kappa shape index (κ3) is 3.12. The molecule has 0 spiro atoms. The zero-order chi connectivity index (χ0) is 10.4. The largest absolute Gasteiger partial charge is 0.501 e. The topological polar surface area (TPSA) is 33.0 Å². The molecule has 72 valence electrons. The van der Waals surface area contributed by atoms with Crippen LogP contribution >= 0.6 is 11.6 Å². The molecule has 0 bridgehead atoms. The second kappa shape index (κ2) is 5.31. The molecule has 0 heterocycles. The highest BCUT2D eigenvalue weighted by molar-refractivity contribution is 6.30. The molecular formula is C11H10ClNO. The number of nitrogens with zero attached hydrogens (tertiary/aromatic N) is 1. The van der Waals surface area contributed by atoms with Crippen molar-refractivity contribution >= 4 is 17.7 Å². The first-order chi connectivity index (χ1) is 6.76. The van der Waals surface area contributed by atoms with Crippen LogP contribution in [-0.4, -0.2) is 6.61 Å². The average molecular weight is 208 g/mol. The molecule has 1 aromatic rings. The number of benzene rings is 1. The quantitative estimate of drug-likeness (QED) is 0.713. The van der Waals surface area contributed by atoms with Gasteiger partial charge in [0.25, 0.3) is 0 Å². The van der Waals surface area contributed by atoms with E-state index >= 15 is 0 Å². The van der Waals surface area contributed by atoms with Crippen LogP contribution in [0.2, 0.25) is 5.02 Å².